The molecule has 0 amide bonds. The number of aromatic amines is 1. The second kappa shape index (κ2) is 9.31. The SMILES string of the molecule is CN=C(NCCc1c[nH]c2cc(C)ccc12)NCc1cnn(Cc2ccccc2)c1. The highest BCUT2D eigenvalue weighted by Gasteiger charge is 2.05. The number of H-pyrrole nitrogens is 1. The number of aromatic nitrogens is 3. The zero-order valence-corrected chi connectivity index (χ0v) is 17.5. The lowest BCUT2D eigenvalue weighted by molar-refractivity contribution is 0.685. The van der Waals surface area contributed by atoms with E-state index in [0.717, 1.165) is 31.0 Å². The number of fused-ring (bicyclic) bond motifs is 1. The Morgan fingerprint density at radius 1 is 1.10 bits per heavy atom. The number of aryl methyl sites for hydroxylation is 1. The Balaban J connectivity index is 1.26. The molecule has 0 bridgehead atoms. The van der Waals surface area contributed by atoms with Crippen LogP contribution in [0.15, 0.2) is 72.1 Å². The van der Waals surface area contributed by atoms with Gasteiger partial charge in [-0.2, -0.15) is 5.10 Å². The molecular formula is C24H28N6. The number of rotatable bonds is 7. The molecule has 0 atom stereocenters. The number of nitrogens with one attached hydrogen (secondary N) is 3. The molecule has 6 heteroatoms. The monoisotopic (exact) mass is 400 g/mol. The number of guanidine groups is 1. The molecule has 0 spiro atoms. The van der Waals surface area contributed by atoms with Crippen molar-refractivity contribution in [2.45, 2.75) is 26.4 Å². The molecule has 2 heterocycles. The first kappa shape index (κ1) is 19.8. The summed E-state index contributed by atoms with van der Waals surface area (Å²) in [6.07, 6.45) is 7.00. The topological polar surface area (TPSA) is 70.0 Å². The Hall–Kier alpha value is -3.54. The van der Waals surface area contributed by atoms with Crippen LogP contribution in [0.5, 0.6) is 0 Å². The molecule has 6 nitrogen and oxygen atoms in total. The molecule has 2 aromatic carbocycles. The molecule has 4 aromatic rings. The summed E-state index contributed by atoms with van der Waals surface area (Å²) >= 11 is 0. The zero-order chi connectivity index (χ0) is 20.8. The third-order valence-corrected chi connectivity index (χ3v) is 5.17. The van der Waals surface area contributed by atoms with Crippen molar-refractivity contribution in [3.8, 4) is 0 Å². The fraction of sp³-hybridized carbons (Fsp3) is 0.250. The molecule has 0 saturated carbocycles. The predicted octanol–water partition coefficient (Wildman–Crippen LogP) is 3.63. The summed E-state index contributed by atoms with van der Waals surface area (Å²) < 4.78 is 1.96. The maximum Gasteiger partial charge on any atom is 0.191 e. The maximum absolute atomic E-state index is 4.46. The average Bonchev–Trinajstić information content (AvgIpc) is 3.37. The average molecular weight is 401 g/mol. The highest BCUT2D eigenvalue weighted by molar-refractivity contribution is 5.84. The second-order valence-corrected chi connectivity index (χ2v) is 7.50. The van der Waals surface area contributed by atoms with E-state index in [1.807, 2.05) is 29.1 Å². The van der Waals surface area contributed by atoms with Crippen LogP contribution in [0.4, 0.5) is 0 Å². The molecule has 0 saturated heterocycles. The van der Waals surface area contributed by atoms with Gasteiger partial charge in [-0.1, -0.05) is 42.5 Å². The van der Waals surface area contributed by atoms with Crippen molar-refractivity contribution in [2.75, 3.05) is 13.6 Å². The number of aliphatic imine (C=N–C) groups is 1. The Morgan fingerprint density at radius 3 is 2.80 bits per heavy atom. The van der Waals surface area contributed by atoms with Crippen molar-refractivity contribution >= 4 is 16.9 Å². The number of hydrogen-bond acceptors (Lipinski definition) is 2. The fourth-order valence-electron chi connectivity index (χ4n) is 3.58. The minimum absolute atomic E-state index is 0.681. The quantitative estimate of drug-likeness (QED) is 0.328. The standard InChI is InChI=1S/C24H28N6/c1-18-8-9-22-21(15-27-23(22)12-18)10-11-26-24(25-2)28-13-20-14-29-30(17-20)16-19-6-4-3-5-7-19/h3-9,12,14-15,17,27H,10-11,13,16H2,1-2H3,(H2,25,26,28). The molecule has 30 heavy (non-hydrogen) atoms. The van der Waals surface area contributed by atoms with Crippen molar-refractivity contribution in [1.82, 2.24) is 25.4 Å². The van der Waals surface area contributed by atoms with Gasteiger partial charge in [0.15, 0.2) is 5.96 Å². The lowest BCUT2D eigenvalue weighted by Crippen LogP contribution is -2.37. The molecule has 0 aliphatic carbocycles. The summed E-state index contributed by atoms with van der Waals surface area (Å²) in [7, 11) is 1.79. The highest BCUT2D eigenvalue weighted by atomic mass is 15.3. The highest BCUT2D eigenvalue weighted by Crippen LogP contribution is 2.19. The summed E-state index contributed by atoms with van der Waals surface area (Å²) in [5, 5.41) is 12.5. The summed E-state index contributed by atoms with van der Waals surface area (Å²) in [5.41, 5.74) is 6.15. The van der Waals surface area contributed by atoms with Crippen molar-refractivity contribution in [1.29, 1.82) is 0 Å². The first-order chi connectivity index (χ1) is 14.7. The second-order valence-electron chi connectivity index (χ2n) is 7.50. The Bertz CT molecular complexity index is 1120. The largest absolute Gasteiger partial charge is 0.361 e. The smallest absolute Gasteiger partial charge is 0.191 e. The van der Waals surface area contributed by atoms with Crippen LogP contribution in [0.2, 0.25) is 0 Å². The van der Waals surface area contributed by atoms with Crippen LogP contribution >= 0.6 is 0 Å². The van der Waals surface area contributed by atoms with Gasteiger partial charge in [0.2, 0.25) is 0 Å². The summed E-state index contributed by atoms with van der Waals surface area (Å²) in [6.45, 7) is 4.38. The minimum Gasteiger partial charge on any atom is -0.361 e. The van der Waals surface area contributed by atoms with Gasteiger partial charge < -0.3 is 15.6 Å². The lowest BCUT2D eigenvalue weighted by atomic mass is 10.1. The lowest BCUT2D eigenvalue weighted by Gasteiger charge is -2.11. The molecule has 3 N–H and O–H groups in total. The van der Waals surface area contributed by atoms with Crippen LogP contribution in [0.3, 0.4) is 0 Å². The van der Waals surface area contributed by atoms with E-state index in [0.29, 0.717) is 6.54 Å². The molecule has 0 radical (unpaired) electrons. The minimum atomic E-state index is 0.681. The van der Waals surface area contributed by atoms with E-state index in [4.69, 9.17) is 0 Å². The van der Waals surface area contributed by atoms with Gasteiger partial charge in [0.25, 0.3) is 0 Å². The molecule has 0 aliphatic rings. The van der Waals surface area contributed by atoms with Gasteiger partial charge in [0.05, 0.1) is 12.7 Å². The molecule has 154 valence electrons. The third-order valence-electron chi connectivity index (χ3n) is 5.17. The van der Waals surface area contributed by atoms with Crippen molar-refractivity contribution in [3.63, 3.8) is 0 Å². The predicted molar refractivity (Wildman–Crippen MR) is 123 cm³/mol. The van der Waals surface area contributed by atoms with Crippen LogP contribution in [0, 0.1) is 6.92 Å². The van der Waals surface area contributed by atoms with E-state index < -0.39 is 0 Å². The van der Waals surface area contributed by atoms with Crippen molar-refractivity contribution < 1.29 is 0 Å². The molecule has 0 aliphatic heterocycles. The van der Waals surface area contributed by atoms with E-state index in [1.165, 1.54) is 27.6 Å². The normalized spacial score (nSPS) is 11.7. The first-order valence-corrected chi connectivity index (χ1v) is 10.3. The zero-order valence-electron chi connectivity index (χ0n) is 17.5. The van der Waals surface area contributed by atoms with Crippen LogP contribution in [-0.2, 0) is 19.5 Å². The van der Waals surface area contributed by atoms with Gasteiger partial charge in [-0.15, -0.1) is 0 Å². The molecule has 0 unspecified atom stereocenters. The van der Waals surface area contributed by atoms with E-state index in [9.17, 15) is 0 Å². The Kier molecular flexibility index (Phi) is 6.13. The third kappa shape index (κ3) is 4.89. The van der Waals surface area contributed by atoms with Gasteiger partial charge >= 0.3 is 0 Å². The Morgan fingerprint density at radius 2 is 1.97 bits per heavy atom. The van der Waals surface area contributed by atoms with Crippen molar-refractivity contribution in [2.24, 2.45) is 4.99 Å². The van der Waals surface area contributed by atoms with Gasteiger partial charge in [-0.05, 0) is 36.1 Å². The number of nitrogens with zero attached hydrogens (tertiary/aromatic N) is 3. The van der Waals surface area contributed by atoms with Crippen molar-refractivity contribution in [3.05, 3.63) is 89.4 Å². The molecule has 4 rings (SSSR count). The van der Waals surface area contributed by atoms with E-state index >= 15 is 0 Å². The van der Waals surface area contributed by atoms with Crippen LogP contribution in [0.1, 0.15) is 22.3 Å². The van der Waals surface area contributed by atoms with Gasteiger partial charge in [0.1, 0.15) is 0 Å². The van der Waals surface area contributed by atoms with Crippen LogP contribution < -0.4 is 10.6 Å². The maximum atomic E-state index is 4.46. The Labute approximate surface area is 177 Å². The van der Waals surface area contributed by atoms with E-state index in [2.05, 4.69) is 75.4 Å². The number of benzene rings is 2. The van der Waals surface area contributed by atoms with E-state index in [1.54, 1.807) is 7.05 Å². The fourth-order valence-corrected chi connectivity index (χ4v) is 3.58. The van der Waals surface area contributed by atoms with Gasteiger partial charge in [0, 0.05) is 49.0 Å². The first-order valence-electron chi connectivity index (χ1n) is 10.3. The van der Waals surface area contributed by atoms with E-state index in [-0.39, 0.29) is 0 Å². The summed E-state index contributed by atoms with van der Waals surface area (Å²) in [5.74, 6) is 0.793. The molecule has 0 fully saturated rings. The number of hydrogen-bond donors (Lipinski definition) is 3. The van der Waals surface area contributed by atoms with Crippen LogP contribution in [0.25, 0.3) is 10.9 Å². The van der Waals surface area contributed by atoms with Gasteiger partial charge in [-0.25, -0.2) is 0 Å². The van der Waals surface area contributed by atoms with Crippen LogP contribution in [-0.4, -0.2) is 34.3 Å². The van der Waals surface area contributed by atoms with Gasteiger partial charge in [-0.3, -0.25) is 9.67 Å². The summed E-state index contributed by atoms with van der Waals surface area (Å²) in [4.78, 5) is 7.69. The molecular weight excluding hydrogens is 372 g/mol. The molecule has 2 aromatic heterocycles. The summed E-state index contributed by atoms with van der Waals surface area (Å²) in [6, 6.07) is 16.9.